The predicted octanol–water partition coefficient (Wildman–Crippen LogP) is -0.181. The Kier molecular flexibility index (Phi) is 5.15. The van der Waals surface area contributed by atoms with Gasteiger partial charge in [-0.25, -0.2) is 14.6 Å². The van der Waals surface area contributed by atoms with Crippen LogP contribution in [0.2, 0.25) is 0 Å². The number of likely N-dealkylation sites (tertiary alicyclic amines) is 1. The van der Waals surface area contributed by atoms with E-state index in [9.17, 15) is 14.7 Å². The van der Waals surface area contributed by atoms with Crippen molar-refractivity contribution in [1.82, 2.24) is 20.2 Å². The highest BCUT2D eigenvalue weighted by molar-refractivity contribution is 5.82. The van der Waals surface area contributed by atoms with Crippen LogP contribution in [-0.2, 0) is 11.2 Å². The summed E-state index contributed by atoms with van der Waals surface area (Å²) in [6.07, 6.45) is 4.85. The summed E-state index contributed by atoms with van der Waals surface area (Å²) in [6.45, 7) is 1.08. The molecule has 21 heavy (non-hydrogen) atoms. The van der Waals surface area contributed by atoms with Crippen LogP contribution >= 0.6 is 0 Å². The van der Waals surface area contributed by atoms with Crippen molar-refractivity contribution in [1.29, 1.82) is 0 Å². The lowest BCUT2D eigenvalue weighted by Gasteiger charge is -2.32. The van der Waals surface area contributed by atoms with E-state index in [0.717, 1.165) is 12.8 Å². The molecule has 116 valence electrons. The minimum atomic E-state index is -1.09. The predicted molar refractivity (Wildman–Crippen MR) is 73.6 cm³/mol. The molecule has 8 heteroatoms. The van der Waals surface area contributed by atoms with E-state index in [1.807, 2.05) is 0 Å². The number of aliphatic hydroxyl groups is 1. The number of imidazole rings is 1. The van der Waals surface area contributed by atoms with Crippen molar-refractivity contribution in [2.24, 2.45) is 5.92 Å². The molecule has 0 aliphatic carbocycles. The fraction of sp³-hybridized carbons (Fsp3) is 0.615. The van der Waals surface area contributed by atoms with Gasteiger partial charge in [0.05, 0.1) is 6.33 Å². The molecule has 2 amide bonds. The molecule has 1 aromatic rings. The van der Waals surface area contributed by atoms with E-state index < -0.39 is 18.0 Å². The van der Waals surface area contributed by atoms with Gasteiger partial charge >= 0.3 is 12.0 Å². The number of aromatic nitrogens is 2. The van der Waals surface area contributed by atoms with Gasteiger partial charge in [0.25, 0.3) is 0 Å². The molecule has 1 aliphatic heterocycles. The van der Waals surface area contributed by atoms with Crippen LogP contribution in [0.15, 0.2) is 12.5 Å². The molecule has 1 saturated heterocycles. The lowest BCUT2D eigenvalue weighted by molar-refractivity contribution is -0.139. The molecular formula is C13H20N4O4. The molecule has 0 radical (unpaired) electrons. The number of aliphatic carboxylic acids is 1. The fourth-order valence-corrected chi connectivity index (χ4v) is 2.46. The van der Waals surface area contributed by atoms with Gasteiger partial charge in [-0.2, -0.15) is 0 Å². The summed E-state index contributed by atoms with van der Waals surface area (Å²) in [7, 11) is 0. The first kappa shape index (κ1) is 15.3. The van der Waals surface area contributed by atoms with E-state index in [1.54, 1.807) is 4.90 Å². The first-order valence-corrected chi connectivity index (χ1v) is 6.96. The maximum Gasteiger partial charge on any atom is 0.326 e. The fourth-order valence-electron chi connectivity index (χ4n) is 2.46. The molecule has 2 atom stereocenters. The van der Waals surface area contributed by atoms with Crippen LogP contribution in [0.25, 0.3) is 0 Å². The first-order valence-electron chi connectivity index (χ1n) is 6.96. The Morgan fingerprint density at radius 2 is 2.38 bits per heavy atom. The van der Waals surface area contributed by atoms with Crippen molar-refractivity contribution in [3.63, 3.8) is 0 Å². The van der Waals surface area contributed by atoms with Crippen LogP contribution in [0.4, 0.5) is 4.79 Å². The number of nitrogens with zero attached hydrogens (tertiary/aromatic N) is 2. The quantitative estimate of drug-likeness (QED) is 0.601. The largest absolute Gasteiger partial charge is 0.480 e. The molecular weight excluding hydrogens is 276 g/mol. The van der Waals surface area contributed by atoms with Gasteiger partial charge in [0.15, 0.2) is 0 Å². The molecule has 1 unspecified atom stereocenters. The van der Waals surface area contributed by atoms with E-state index in [4.69, 9.17) is 5.11 Å². The van der Waals surface area contributed by atoms with Gasteiger partial charge in [-0.1, -0.05) is 0 Å². The van der Waals surface area contributed by atoms with Crippen LogP contribution in [-0.4, -0.2) is 62.8 Å². The van der Waals surface area contributed by atoms with Gasteiger partial charge in [0.2, 0.25) is 0 Å². The Bertz CT molecular complexity index is 477. The summed E-state index contributed by atoms with van der Waals surface area (Å²) in [5, 5.41) is 20.9. The third kappa shape index (κ3) is 4.19. The van der Waals surface area contributed by atoms with E-state index in [2.05, 4.69) is 15.3 Å². The second-order valence-electron chi connectivity index (χ2n) is 5.26. The number of rotatable bonds is 5. The third-order valence-corrected chi connectivity index (χ3v) is 3.64. The van der Waals surface area contributed by atoms with E-state index >= 15 is 0 Å². The first-order chi connectivity index (χ1) is 10.1. The molecule has 4 N–H and O–H groups in total. The number of carboxylic acid groups (broad SMARTS) is 1. The number of carbonyl (C=O) groups is 2. The number of hydrogen-bond acceptors (Lipinski definition) is 4. The van der Waals surface area contributed by atoms with E-state index in [-0.39, 0.29) is 18.9 Å². The minimum Gasteiger partial charge on any atom is -0.480 e. The Morgan fingerprint density at radius 3 is 3.00 bits per heavy atom. The second-order valence-corrected chi connectivity index (χ2v) is 5.26. The molecule has 8 nitrogen and oxygen atoms in total. The maximum absolute atomic E-state index is 12.1. The van der Waals surface area contributed by atoms with Gasteiger partial charge in [-0.15, -0.1) is 0 Å². The van der Waals surface area contributed by atoms with E-state index in [1.165, 1.54) is 12.5 Å². The Balaban J connectivity index is 1.93. The highest BCUT2D eigenvalue weighted by Gasteiger charge is 2.27. The average Bonchev–Trinajstić information content (AvgIpc) is 2.99. The number of nitrogens with one attached hydrogen (secondary N) is 2. The van der Waals surface area contributed by atoms with Crippen molar-refractivity contribution in [2.45, 2.75) is 25.3 Å². The summed E-state index contributed by atoms with van der Waals surface area (Å²) in [5.41, 5.74) is 0.648. The zero-order valence-corrected chi connectivity index (χ0v) is 11.7. The number of hydrogen-bond donors (Lipinski definition) is 4. The highest BCUT2D eigenvalue weighted by atomic mass is 16.4. The number of piperidine rings is 1. The number of H-pyrrole nitrogens is 1. The zero-order valence-electron chi connectivity index (χ0n) is 11.7. The number of amides is 2. The van der Waals surface area contributed by atoms with Gasteiger partial charge in [-0.05, 0) is 18.8 Å². The van der Waals surface area contributed by atoms with Crippen LogP contribution in [0.1, 0.15) is 18.5 Å². The molecule has 1 fully saturated rings. The molecule has 2 rings (SSSR count). The zero-order chi connectivity index (χ0) is 15.2. The number of aromatic amines is 1. The maximum atomic E-state index is 12.1. The number of aliphatic hydroxyl groups excluding tert-OH is 1. The Hall–Kier alpha value is -2.09. The Labute approximate surface area is 122 Å². The smallest absolute Gasteiger partial charge is 0.326 e. The van der Waals surface area contributed by atoms with Crippen molar-refractivity contribution in [2.75, 3.05) is 19.7 Å². The van der Waals surface area contributed by atoms with Crippen molar-refractivity contribution >= 4 is 12.0 Å². The molecule has 0 bridgehead atoms. The molecule has 0 aromatic carbocycles. The van der Waals surface area contributed by atoms with Gasteiger partial charge in [0.1, 0.15) is 6.04 Å². The standard InChI is InChI=1S/C13H20N4O4/c18-7-9-2-1-3-17(6-9)13(21)16-11(12(19)20)4-10-5-14-8-15-10/h5,8-9,11,18H,1-4,6-7H2,(H,14,15)(H,16,21)(H,19,20)/t9?,11-/m0/s1. The van der Waals surface area contributed by atoms with Gasteiger partial charge < -0.3 is 25.4 Å². The van der Waals surface area contributed by atoms with E-state index in [0.29, 0.717) is 18.8 Å². The third-order valence-electron chi connectivity index (χ3n) is 3.64. The molecule has 0 saturated carbocycles. The minimum absolute atomic E-state index is 0.0419. The lowest BCUT2D eigenvalue weighted by atomic mass is 9.99. The number of carboxylic acids is 1. The lowest BCUT2D eigenvalue weighted by Crippen LogP contribution is -2.51. The van der Waals surface area contributed by atoms with Crippen LogP contribution in [0.5, 0.6) is 0 Å². The monoisotopic (exact) mass is 296 g/mol. The molecule has 1 aliphatic rings. The second kappa shape index (κ2) is 7.07. The summed E-state index contributed by atoms with van der Waals surface area (Å²) >= 11 is 0. The summed E-state index contributed by atoms with van der Waals surface area (Å²) in [5.74, 6) is -1.02. The van der Waals surface area contributed by atoms with Gasteiger partial charge in [-0.3, -0.25) is 0 Å². The number of urea groups is 1. The highest BCUT2D eigenvalue weighted by Crippen LogP contribution is 2.15. The Morgan fingerprint density at radius 1 is 1.57 bits per heavy atom. The summed E-state index contributed by atoms with van der Waals surface area (Å²) < 4.78 is 0. The normalized spacial score (nSPS) is 20.0. The van der Waals surface area contributed by atoms with Gasteiger partial charge in [0, 0.05) is 38.0 Å². The van der Waals surface area contributed by atoms with Crippen molar-refractivity contribution in [3.05, 3.63) is 18.2 Å². The molecule has 2 heterocycles. The average molecular weight is 296 g/mol. The molecule has 0 spiro atoms. The van der Waals surface area contributed by atoms with Crippen molar-refractivity contribution in [3.8, 4) is 0 Å². The summed E-state index contributed by atoms with van der Waals surface area (Å²) in [6, 6.07) is -1.41. The van der Waals surface area contributed by atoms with Crippen LogP contribution < -0.4 is 5.32 Å². The van der Waals surface area contributed by atoms with Crippen molar-refractivity contribution < 1.29 is 19.8 Å². The summed E-state index contributed by atoms with van der Waals surface area (Å²) in [4.78, 5) is 31.6. The molecule has 1 aromatic heterocycles. The SMILES string of the molecule is O=C(O)[C@H](Cc1cnc[nH]1)NC(=O)N1CCCC(CO)C1. The topological polar surface area (TPSA) is 119 Å². The van der Waals surface area contributed by atoms with Crippen LogP contribution in [0.3, 0.4) is 0 Å². The number of carbonyl (C=O) groups excluding carboxylic acids is 1. The van der Waals surface area contributed by atoms with Crippen LogP contribution in [0, 0.1) is 5.92 Å².